The topological polar surface area (TPSA) is 62.2 Å². The average Bonchev–Trinajstić information content (AvgIpc) is 2.46. The zero-order valence-corrected chi connectivity index (χ0v) is 10.8. The van der Waals surface area contributed by atoms with E-state index in [1.54, 1.807) is 48.8 Å². The van der Waals surface area contributed by atoms with E-state index in [9.17, 15) is 9.90 Å². The zero-order chi connectivity index (χ0) is 13.7. The molecule has 2 aromatic rings. The number of nitrogens with zero attached hydrogens (tertiary/aromatic N) is 1. The standard InChI is InChI=1S/C14H13ClN2O2/c15-12-4-2-1-3-11(12)13(18)9-17-14(19)10-5-7-16-8-6-10/h1-8,13,18H,9H2,(H,17,19). The highest BCUT2D eigenvalue weighted by atomic mass is 35.5. The predicted molar refractivity (Wildman–Crippen MR) is 73.0 cm³/mol. The maximum Gasteiger partial charge on any atom is 0.251 e. The minimum atomic E-state index is -0.834. The van der Waals surface area contributed by atoms with Crippen LogP contribution in [0.15, 0.2) is 48.8 Å². The number of hydrogen-bond donors (Lipinski definition) is 2. The minimum Gasteiger partial charge on any atom is -0.387 e. The highest BCUT2D eigenvalue weighted by Crippen LogP contribution is 2.21. The largest absolute Gasteiger partial charge is 0.387 e. The van der Waals surface area contributed by atoms with E-state index in [0.29, 0.717) is 16.1 Å². The molecule has 0 saturated heterocycles. The van der Waals surface area contributed by atoms with Crippen molar-refractivity contribution in [3.8, 4) is 0 Å². The van der Waals surface area contributed by atoms with Gasteiger partial charge in [-0.05, 0) is 18.2 Å². The maximum absolute atomic E-state index is 11.8. The lowest BCUT2D eigenvalue weighted by molar-refractivity contribution is 0.0916. The normalized spacial score (nSPS) is 11.9. The molecule has 1 atom stereocenters. The average molecular weight is 277 g/mol. The van der Waals surface area contributed by atoms with Crippen LogP contribution in [0.1, 0.15) is 22.0 Å². The summed E-state index contributed by atoms with van der Waals surface area (Å²) in [5.74, 6) is -0.256. The van der Waals surface area contributed by atoms with Crippen LogP contribution in [0.4, 0.5) is 0 Å². The Hall–Kier alpha value is -1.91. The van der Waals surface area contributed by atoms with Gasteiger partial charge in [-0.2, -0.15) is 0 Å². The Kier molecular flexibility index (Phi) is 4.49. The number of benzene rings is 1. The van der Waals surface area contributed by atoms with Crippen LogP contribution >= 0.6 is 11.6 Å². The summed E-state index contributed by atoms with van der Waals surface area (Å²) in [7, 11) is 0. The van der Waals surface area contributed by atoms with Crippen LogP contribution in [-0.2, 0) is 0 Å². The summed E-state index contributed by atoms with van der Waals surface area (Å²) in [6.45, 7) is 0.102. The Balaban J connectivity index is 1.96. The van der Waals surface area contributed by atoms with Gasteiger partial charge in [0.1, 0.15) is 0 Å². The van der Waals surface area contributed by atoms with Crippen LogP contribution in [0.3, 0.4) is 0 Å². The monoisotopic (exact) mass is 276 g/mol. The number of hydrogen-bond acceptors (Lipinski definition) is 3. The van der Waals surface area contributed by atoms with Gasteiger partial charge < -0.3 is 10.4 Å². The first kappa shape index (κ1) is 13.5. The van der Waals surface area contributed by atoms with Gasteiger partial charge in [-0.25, -0.2) is 0 Å². The summed E-state index contributed by atoms with van der Waals surface area (Å²) in [4.78, 5) is 15.6. The number of aromatic nitrogens is 1. The predicted octanol–water partition coefficient (Wildman–Crippen LogP) is 2.20. The molecule has 1 unspecified atom stereocenters. The summed E-state index contributed by atoms with van der Waals surface area (Å²) in [6, 6.07) is 10.2. The van der Waals surface area contributed by atoms with Crippen molar-refractivity contribution in [2.24, 2.45) is 0 Å². The van der Waals surface area contributed by atoms with E-state index in [1.807, 2.05) is 0 Å². The molecule has 0 aliphatic rings. The van der Waals surface area contributed by atoms with Gasteiger partial charge in [0, 0.05) is 35.1 Å². The van der Waals surface area contributed by atoms with Crippen LogP contribution in [-0.4, -0.2) is 22.5 Å². The fourth-order valence-corrected chi connectivity index (χ4v) is 1.91. The van der Waals surface area contributed by atoms with Crippen LogP contribution in [0, 0.1) is 0 Å². The molecule has 98 valence electrons. The van der Waals surface area contributed by atoms with Gasteiger partial charge in [-0.15, -0.1) is 0 Å². The van der Waals surface area contributed by atoms with E-state index < -0.39 is 6.10 Å². The Morgan fingerprint density at radius 2 is 1.95 bits per heavy atom. The van der Waals surface area contributed by atoms with E-state index in [1.165, 1.54) is 0 Å². The third kappa shape index (κ3) is 3.53. The highest BCUT2D eigenvalue weighted by Gasteiger charge is 2.12. The number of aliphatic hydroxyl groups is 1. The van der Waals surface area contributed by atoms with E-state index in [2.05, 4.69) is 10.3 Å². The van der Waals surface area contributed by atoms with Gasteiger partial charge in [0.05, 0.1) is 6.10 Å². The Morgan fingerprint density at radius 3 is 2.63 bits per heavy atom. The highest BCUT2D eigenvalue weighted by molar-refractivity contribution is 6.31. The number of pyridine rings is 1. The van der Waals surface area contributed by atoms with Gasteiger partial charge in [-0.1, -0.05) is 29.8 Å². The molecule has 2 rings (SSSR count). The number of halogens is 1. The minimum absolute atomic E-state index is 0.102. The van der Waals surface area contributed by atoms with Gasteiger partial charge in [0.25, 0.3) is 5.91 Å². The molecule has 2 N–H and O–H groups in total. The molecule has 5 heteroatoms. The van der Waals surface area contributed by atoms with Crippen molar-refractivity contribution in [1.82, 2.24) is 10.3 Å². The van der Waals surface area contributed by atoms with E-state index in [-0.39, 0.29) is 12.5 Å². The SMILES string of the molecule is O=C(NCC(O)c1ccccc1Cl)c1ccncc1. The number of amides is 1. The van der Waals surface area contributed by atoms with Crippen LogP contribution < -0.4 is 5.32 Å². The van der Waals surface area contributed by atoms with E-state index in [0.717, 1.165) is 0 Å². The molecule has 1 heterocycles. The fraction of sp³-hybridized carbons (Fsp3) is 0.143. The summed E-state index contributed by atoms with van der Waals surface area (Å²) >= 11 is 5.97. The summed E-state index contributed by atoms with van der Waals surface area (Å²) in [5, 5.41) is 13.1. The first-order valence-electron chi connectivity index (χ1n) is 5.79. The van der Waals surface area contributed by atoms with Gasteiger partial charge in [0.2, 0.25) is 0 Å². The van der Waals surface area contributed by atoms with Crippen molar-refractivity contribution in [2.45, 2.75) is 6.10 Å². The molecule has 0 aliphatic heterocycles. The maximum atomic E-state index is 11.8. The number of aliphatic hydroxyl groups excluding tert-OH is 1. The smallest absolute Gasteiger partial charge is 0.251 e. The molecule has 1 aromatic heterocycles. The lowest BCUT2D eigenvalue weighted by atomic mass is 10.1. The second-order valence-electron chi connectivity index (χ2n) is 3.98. The number of rotatable bonds is 4. The molecule has 0 fully saturated rings. The number of nitrogens with one attached hydrogen (secondary N) is 1. The number of carbonyl (C=O) groups excluding carboxylic acids is 1. The lowest BCUT2D eigenvalue weighted by Gasteiger charge is -2.13. The van der Waals surface area contributed by atoms with Crippen molar-refractivity contribution < 1.29 is 9.90 Å². The van der Waals surface area contributed by atoms with Crippen molar-refractivity contribution in [3.63, 3.8) is 0 Å². The Bertz CT molecular complexity index is 560. The molecule has 0 bridgehead atoms. The summed E-state index contributed by atoms with van der Waals surface area (Å²) in [6.07, 6.45) is 2.25. The van der Waals surface area contributed by atoms with Crippen LogP contribution in [0.5, 0.6) is 0 Å². The molecule has 19 heavy (non-hydrogen) atoms. The second kappa shape index (κ2) is 6.31. The van der Waals surface area contributed by atoms with E-state index in [4.69, 9.17) is 11.6 Å². The van der Waals surface area contributed by atoms with E-state index >= 15 is 0 Å². The summed E-state index contributed by atoms with van der Waals surface area (Å²) < 4.78 is 0. The van der Waals surface area contributed by atoms with Gasteiger partial charge in [-0.3, -0.25) is 9.78 Å². The molecule has 1 aromatic carbocycles. The molecule has 0 saturated carbocycles. The number of carbonyl (C=O) groups is 1. The van der Waals surface area contributed by atoms with Crippen molar-refractivity contribution in [3.05, 3.63) is 64.9 Å². The first-order chi connectivity index (χ1) is 9.18. The molecule has 4 nitrogen and oxygen atoms in total. The quantitative estimate of drug-likeness (QED) is 0.900. The first-order valence-corrected chi connectivity index (χ1v) is 6.17. The molecular weight excluding hydrogens is 264 g/mol. The fourth-order valence-electron chi connectivity index (χ4n) is 1.65. The third-order valence-electron chi connectivity index (χ3n) is 2.66. The zero-order valence-electron chi connectivity index (χ0n) is 10.1. The van der Waals surface area contributed by atoms with Gasteiger partial charge in [0.15, 0.2) is 0 Å². The molecule has 0 radical (unpaired) electrons. The Morgan fingerprint density at radius 1 is 1.26 bits per heavy atom. The summed E-state index contributed by atoms with van der Waals surface area (Å²) in [5.41, 5.74) is 1.10. The molecule has 0 spiro atoms. The second-order valence-corrected chi connectivity index (χ2v) is 4.39. The van der Waals surface area contributed by atoms with Crippen molar-refractivity contribution >= 4 is 17.5 Å². The Labute approximate surface area is 116 Å². The molecule has 0 aliphatic carbocycles. The lowest BCUT2D eigenvalue weighted by Crippen LogP contribution is -2.28. The van der Waals surface area contributed by atoms with Crippen LogP contribution in [0.2, 0.25) is 5.02 Å². The molecule has 1 amide bonds. The third-order valence-corrected chi connectivity index (χ3v) is 3.01. The molecular formula is C14H13ClN2O2. The van der Waals surface area contributed by atoms with Crippen molar-refractivity contribution in [2.75, 3.05) is 6.54 Å². The van der Waals surface area contributed by atoms with Crippen molar-refractivity contribution in [1.29, 1.82) is 0 Å². The van der Waals surface area contributed by atoms with Crippen LogP contribution in [0.25, 0.3) is 0 Å². The van der Waals surface area contributed by atoms with Gasteiger partial charge >= 0.3 is 0 Å².